The molecule has 0 spiro atoms. The number of carbonyl (C=O) groups excluding carboxylic acids is 2. The number of nitrogens with two attached hydrogens (primary N) is 1. The lowest BCUT2D eigenvalue weighted by Gasteiger charge is -2.16. The number of hydrogen-bond donors (Lipinski definition) is 4. The van der Waals surface area contributed by atoms with Crippen LogP contribution in [0.4, 0.5) is 16.2 Å². The van der Waals surface area contributed by atoms with E-state index in [1.165, 1.54) is 11.3 Å². The third-order valence-corrected chi connectivity index (χ3v) is 5.93. The Balaban J connectivity index is 1.84. The SMILES string of the molecule is CN(C)c1ccc(-c2cc(NC(N)=O)c(C(=O)N[C@H]3CCCCNC3)s2)cc1. The monoisotopic (exact) mass is 401 g/mol. The van der Waals surface area contributed by atoms with Gasteiger partial charge in [0, 0.05) is 37.2 Å². The molecule has 0 radical (unpaired) electrons. The first kappa shape index (κ1) is 20.2. The van der Waals surface area contributed by atoms with Crippen LogP contribution in [-0.2, 0) is 0 Å². The Labute approximate surface area is 169 Å². The van der Waals surface area contributed by atoms with Crippen LogP contribution in [0.15, 0.2) is 30.3 Å². The summed E-state index contributed by atoms with van der Waals surface area (Å²) in [7, 11) is 3.97. The average Bonchev–Trinajstić information content (AvgIpc) is 2.89. The fourth-order valence-corrected chi connectivity index (χ4v) is 4.27. The summed E-state index contributed by atoms with van der Waals surface area (Å²) in [6.45, 7) is 1.74. The molecule has 5 N–H and O–H groups in total. The number of thiophene rings is 1. The second-order valence-corrected chi connectivity index (χ2v) is 8.21. The van der Waals surface area contributed by atoms with Crippen molar-refractivity contribution >= 4 is 34.6 Å². The maximum absolute atomic E-state index is 12.9. The highest BCUT2D eigenvalue weighted by atomic mass is 32.1. The van der Waals surface area contributed by atoms with Crippen molar-refractivity contribution in [2.75, 3.05) is 37.4 Å². The number of benzene rings is 1. The van der Waals surface area contributed by atoms with Gasteiger partial charge in [-0.2, -0.15) is 0 Å². The Morgan fingerprint density at radius 1 is 1.21 bits per heavy atom. The number of rotatable bonds is 5. The number of urea groups is 1. The first-order chi connectivity index (χ1) is 13.4. The summed E-state index contributed by atoms with van der Waals surface area (Å²) >= 11 is 1.35. The van der Waals surface area contributed by atoms with E-state index < -0.39 is 6.03 Å². The fourth-order valence-electron chi connectivity index (χ4n) is 3.24. The zero-order valence-corrected chi connectivity index (χ0v) is 17.1. The maximum atomic E-state index is 12.9. The van der Waals surface area contributed by atoms with Gasteiger partial charge in [0.25, 0.3) is 5.91 Å². The van der Waals surface area contributed by atoms with Gasteiger partial charge in [0.15, 0.2) is 0 Å². The third kappa shape index (κ3) is 5.02. The Morgan fingerprint density at radius 3 is 2.64 bits per heavy atom. The van der Waals surface area contributed by atoms with Gasteiger partial charge >= 0.3 is 6.03 Å². The molecule has 28 heavy (non-hydrogen) atoms. The molecule has 1 aromatic carbocycles. The number of nitrogens with one attached hydrogen (secondary N) is 3. The molecule has 1 aromatic heterocycles. The van der Waals surface area contributed by atoms with Gasteiger partial charge in [0.2, 0.25) is 0 Å². The van der Waals surface area contributed by atoms with Crippen LogP contribution in [0.1, 0.15) is 28.9 Å². The minimum atomic E-state index is -0.683. The van der Waals surface area contributed by atoms with E-state index in [0.717, 1.165) is 48.5 Å². The minimum absolute atomic E-state index is 0.0846. The van der Waals surface area contributed by atoms with Gasteiger partial charge in [-0.25, -0.2) is 4.79 Å². The normalized spacial score (nSPS) is 16.9. The van der Waals surface area contributed by atoms with Crippen molar-refractivity contribution in [3.63, 3.8) is 0 Å². The molecule has 0 saturated carbocycles. The quantitative estimate of drug-likeness (QED) is 0.619. The highest BCUT2D eigenvalue weighted by molar-refractivity contribution is 7.18. The first-order valence-electron chi connectivity index (χ1n) is 9.43. The lowest BCUT2D eigenvalue weighted by atomic mass is 10.1. The molecule has 0 aliphatic carbocycles. The van der Waals surface area contributed by atoms with Crippen molar-refractivity contribution in [1.82, 2.24) is 10.6 Å². The van der Waals surface area contributed by atoms with E-state index in [9.17, 15) is 9.59 Å². The smallest absolute Gasteiger partial charge is 0.316 e. The number of nitrogens with zero attached hydrogens (tertiary/aromatic N) is 1. The van der Waals surface area contributed by atoms with Crippen LogP contribution in [0.3, 0.4) is 0 Å². The third-order valence-electron chi connectivity index (χ3n) is 4.75. The van der Waals surface area contributed by atoms with Gasteiger partial charge in [0.05, 0.1) is 5.69 Å². The summed E-state index contributed by atoms with van der Waals surface area (Å²) in [5.74, 6) is -0.182. The molecule has 1 atom stereocenters. The van der Waals surface area contributed by atoms with Gasteiger partial charge in [-0.05, 0) is 43.1 Å². The molecule has 1 saturated heterocycles. The molecular weight excluding hydrogens is 374 g/mol. The summed E-state index contributed by atoms with van der Waals surface area (Å²) in [5, 5.41) is 9.02. The molecular formula is C20H27N5O2S. The summed E-state index contributed by atoms with van der Waals surface area (Å²) in [5.41, 5.74) is 7.83. The zero-order chi connectivity index (χ0) is 20.1. The number of amides is 3. The molecule has 3 amide bonds. The van der Waals surface area contributed by atoms with Crippen LogP contribution >= 0.6 is 11.3 Å². The Bertz CT molecular complexity index is 824. The van der Waals surface area contributed by atoms with Crippen LogP contribution in [0, 0.1) is 0 Å². The Hall–Kier alpha value is -2.58. The molecule has 7 nitrogen and oxygen atoms in total. The molecule has 0 bridgehead atoms. The second kappa shape index (κ2) is 9.07. The molecule has 1 aliphatic rings. The van der Waals surface area contributed by atoms with Crippen LogP contribution in [-0.4, -0.2) is 45.2 Å². The van der Waals surface area contributed by atoms with Crippen LogP contribution < -0.4 is 26.6 Å². The van der Waals surface area contributed by atoms with Gasteiger partial charge in [-0.3, -0.25) is 4.79 Å². The molecule has 1 aliphatic heterocycles. The fraction of sp³-hybridized carbons (Fsp3) is 0.400. The standard InChI is InChI=1S/C20H27N5O2S/c1-25(2)15-8-6-13(7-9-15)17-11-16(24-20(21)27)18(28-17)19(26)23-14-5-3-4-10-22-12-14/h6-9,11,14,22H,3-5,10,12H2,1-2H3,(H,23,26)(H3,21,24,27)/t14-/m0/s1. The van der Waals surface area contributed by atoms with Crippen molar-refractivity contribution in [2.45, 2.75) is 25.3 Å². The lowest BCUT2D eigenvalue weighted by Crippen LogP contribution is -2.40. The van der Waals surface area contributed by atoms with E-state index in [2.05, 4.69) is 16.0 Å². The van der Waals surface area contributed by atoms with Gasteiger partial charge in [0.1, 0.15) is 4.88 Å². The summed E-state index contributed by atoms with van der Waals surface area (Å²) in [6.07, 6.45) is 3.15. The van der Waals surface area contributed by atoms with E-state index in [1.807, 2.05) is 43.3 Å². The molecule has 1 fully saturated rings. The number of anilines is 2. The second-order valence-electron chi connectivity index (χ2n) is 7.15. The van der Waals surface area contributed by atoms with E-state index >= 15 is 0 Å². The van der Waals surface area contributed by atoms with Crippen molar-refractivity contribution < 1.29 is 9.59 Å². The van der Waals surface area contributed by atoms with Gasteiger partial charge in [-0.1, -0.05) is 18.6 Å². The van der Waals surface area contributed by atoms with E-state index in [-0.39, 0.29) is 11.9 Å². The van der Waals surface area contributed by atoms with Crippen LogP contribution in [0.5, 0.6) is 0 Å². The first-order valence-corrected chi connectivity index (χ1v) is 10.3. The Kier molecular flexibility index (Phi) is 6.53. The zero-order valence-electron chi connectivity index (χ0n) is 16.2. The van der Waals surface area contributed by atoms with Gasteiger partial charge < -0.3 is 26.6 Å². The highest BCUT2D eigenvalue weighted by Gasteiger charge is 2.21. The predicted molar refractivity (Wildman–Crippen MR) is 115 cm³/mol. The van der Waals surface area contributed by atoms with Gasteiger partial charge in [-0.15, -0.1) is 11.3 Å². The highest BCUT2D eigenvalue weighted by Crippen LogP contribution is 2.35. The molecule has 150 valence electrons. The topological polar surface area (TPSA) is 99.5 Å². The molecule has 8 heteroatoms. The van der Waals surface area contributed by atoms with E-state index in [4.69, 9.17) is 5.73 Å². The molecule has 3 rings (SSSR count). The lowest BCUT2D eigenvalue weighted by molar-refractivity contribution is 0.0940. The van der Waals surface area contributed by atoms with Crippen molar-refractivity contribution in [3.05, 3.63) is 35.2 Å². The minimum Gasteiger partial charge on any atom is -0.378 e. The molecule has 2 aromatic rings. The van der Waals surface area contributed by atoms with Crippen molar-refractivity contribution in [2.24, 2.45) is 5.73 Å². The average molecular weight is 402 g/mol. The number of primary amides is 1. The largest absolute Gasteiger partial charge is 0.378 e. The molecule has 2 heterocycles. The van der Waals surface area contributed by atoms with E-state index in [0.29, 0.717) is 10.6 Å². The maximum Gasteiger partial charge on any atom is 0.316 e. The van der Waals surface area contributed by atoms with Crippen molar-refractivity contribution in [3.8, 4) is 10.4 Å². The molecule has 0 unspecified atom stereocenters. The summed E-state index contributed by atoms with van der Waals surface area (Å²) in [6, 6.07) is 9.26. The van der Waals surface area contributed by atoms with Crippen LogP contribution in [0.25, 0.3) is 10.4 Å². The number of hydrogen-bond acceptors (Lipinski definition) is 5. The van der Waals surface area contributed by atoms with Crippen LogP contribution in [0.2, 0.25) is 0 Å². The summed E-state index contributed by atoms with van der Waals surface area (Å²) < 4.78 is 0. The Morgan fingerprint density at radius 2 is 1.96 bits per heavy atom. The predicted octanol–water partition coefficient (Wildman–Crippen LogP) is 2.84. The summed E-state index contributed by atoms with van der Waals surface area (Å²) in [4.78, 5) is 27.7. The number of carbonyl (C=O) groups is 2. The van der Waals surface area contributed by atoms with E-state index in [1.54, 1.807) is 6.07 Å². The van der Waals surface area contributed by atoms with Crippen molar-refractivity contribution in [1.29, 1.82) is 0 Å².